The molecule has 1 fully saturated rings. The molecule has 118 valence electrons. The molecule has 1 aromatic heterocycles. The Balaban J connectivity index is 2.16. The van der Waals surface area contributed by atoms with Crippen molar-refractivity contribution in [1.82, 2.24) is 14.9 Å². The Morgan fingerprint density at radius 2 is 2.33 bits per heavy atom. The fourth-order valence-corrected chi connectivity index (χ4v) is 2.64. The lowest BCUT2D eigenvalue weighted by Gasteiger charge is -2.36. The predicted octanol–water partition coefficient (Wildman–Crippen LogP) is 0.829. The minimum atomic E-state index is 0.400. The van der Waals surface area contributed by atoms with Crippen LogP contribution < -0.4 is 16.2 Å². The van der Waals surface area contributed by atoms with Gasteiger partial charge in [0.15, 0.2) is 5.82 Å². The Labute approximate surface area is 126 Å². The van der Waals surface area contributed by atoms with Gasteiger partial charge >= 0.3 is 0 Å². The zero-order valence-electron chi connectivity index (χ0n) is 13.2. The smallest absolute Gasteiger partial charge is 0.158 e. The van der Waals surface area contributed by atoms with Crippen molar-refractivity contribution in [2.24, 2.45) is 5.84 Å². The average molecular weight is 294 g/mol. The Morgan fingerprint density at radius 3 is 3.00 bits per heavy atom. The van der Waals surface area contributed by atoms with E-state index < -0.39 is 0 Å². The van der Waals surface area contributed by atoms with Gasteiger partial charge in [-0.1, -0.05) is 0 Å². The van der Waals surface area contributed by atoms with Crippen molar-refractivity contribution < 1.29 is 4.74 Å². The zero-order valence-corrected chi connectivity index (χ0v) is 13.2. The number of likely N-dealkylation sites (N-methyl/N-ethyl adjacent to an activating group) is 2. The highest BCUT2D eigenvalue weighted by atomic mass is 16.5. The Kier molecular flexibility index (Phi) is 5.72. The molecule has 1 aliphatic heterocycles. The minimum absolute atomic E-state index is 0.400. The first-order valence-corrected chi connectivity index (χ1v) is 7.47. The third-order valence-corrected chi connectivity index (χ3v) is 3.85. The molecule has 1 atom stereocenters. The van der Waals surface area contributed by atoms with Gasteiger partial charge in [-0.25, -0.2) is 15.8 Å². The molecule has 1 unspecified atom stereocenters. The molecule has 1 aliphatic rings. The molecule has 0 aromatic carbocycles. The highest BCUT2D eigenvalue weighted by Crippen LogP contribution is 2.21. The summed E-state index contributed by atoms with van der Waals surface area (Å²) in [5.41, 5.74) is 2.61. The van der Waals surface area contributed by atoms with E-state index in [1.807, 2.05) is 13.0 Å². The van der Waals surface area contributed by atoms with Crippen molar-refractivity contribution in [3.63, 3.8) is 0 Å². The summed E-state index contributed by atoms with van der Waals surface area (Å²) in [5.74, 6) is 7.66. The van der Waals surface area contributed by atoms with Crippen LogP contribution in [-0.4, -0.2) is 54.7 Å². The second kappa shape index (κ2) is 7.53. The lowest BCUT2D eigenvalue weighted by atomic mass is 10.1. The first-order valence-electron chi connectivity index (χ1n) is 7.47. The number of aromatic nitrogens is 2. The van der Waals surface area contributed by atoms with Crippen molar-refractivity contribution in [1.29, 1.82) is 0 Å². The Hall–Kier alpha value is -1.44. The first-order chi connectivity index (χ1) is 10.1. The van der Waals surface area contributed by atoms with Gasteiger partial charge in [0.25, 0.3) is 0 Å². The van der Waals surface area contributed by atoms with E-state index in [0.29, 0.717) is 30.9 Å². The van der Waals surface area contributed by atoms with Crippen LogP contribution in [0.1, 0.15) is 25.6 Å². The maximum absolute atomic E-state index is 5.51. The predicted molar refractivity (Wildman–Crippen MR) is 84.1 cm³/mol. The Morgan fingerprint density at radius 1 is 1.52 bits per heavy atom. The molecule has 0 spiro atoms. The van der Waals surface area contributed by atoms with Crippen molar-refractivity contribution in [3.05, 3.63) is 11.9 Å². The van der Waals surface area contributed by atoms with Gasteiger partial charge in [-0.15, -0.1) is 0 Å². The van der Waals surface area contributed by atoms with Crippen LogP contribution in [-0.2, 0) is 11.3 Å². The van der Waals surface area contributed by atoms with Gasteiger partial charge in [-0.05, 0) is 33.4 Å². The summed E-state index contributed by atoms with van der Waals surface area (Å²) < 4.78 is 5.40. The molecule has 2 rings (SSSR count). The van der Waals surface area contributed by atoms with E-state index in [9.17, 15) is 0 Å². The molecule has 0 aliphatic carbocycles. The van der Waals surface area contributed by atoms with Gasteiger partial charge in [-0.2, -0.15) is 0 Å². The molecule has 0 bridgehead atoms. The highest BCUT2D eigenvalue weighted by molar-refractivity contribution is 5.49. The van der Waals surface area contributed by atoms with Crippen LogP contribution in [0.4, 0.5) is 11.6 Å². The second-order valence-electron chi connectivity index (χ2n) is 5.48. The number of nitrogens with zero attached hydrogens (tertiary/aromatic N) is 4. The molecule has 1 saturated heterocycles. The molecular weight excluding hydrogens is 268 g/mol. The molecule has 7 nitrogen and oxygen atoms in total. The second-order valence-corrected chi connectivity index (χ2v) is 5.48. The summed E-state index contributed by atoms with van der Waals surface area (Å²) >= 11 is 0. The Bertz CT molecular complexity index is 455. The van der Waals surface area contributed by atoms with Gasteiger partial charge in [0.2, 0.25) is 0 Å². The number of hydrogen-bond donors (Lipinski definition) is 2. The van der Waals surface area contributed by atoms with E-state index in [1.165, 1.54) is 19.4 Å². The highest BCUT2D eigenvalue weighted by Gasteiger charge is 2.22. The van der Waals surface area contributed by atoms with E-state index in [0.717, 1.165) is 12.4 Å². The van der Waals surface area contributed by atoms with Gasteiger partial charge in [0, 0.05) is 32.3 Å². The number of anilines is 2. The maximum atomic E-state index is 5.51. The lowest BCUT2D eigenvalue weighted by molar-refractivity contribution is 0.128. The molecular formula is C14H26N6O. The van der Waals surface area contributed by atoms with Crippen LogP contribution in [0.2, 0.25) is 0 Å². The minimum Gasteiger partial charge on any atom is -0.374 e. The van der Waals surface area contributed by atoms with Crippen molar-refractivity contribution in [2.45, 2.75) is 32.4 Å². The number of rotatable bonds is 6. The standard InChI is InChI=1S/C14H26N6O/c1-4-21-10-13-16-12(18-15)8-14(17-13)20(3)11-6-5-7-19(2)9-11/h8,11H,4-7,9-10,15H2,1-3H3,(H,16,17,18). The summed E-state index contributed by atoms with van der Waals surface area (Å²) in [6, 6.07) is 2.34. The number of likely N-dealkylation sites (tertiary alicyclic amines) is 1. The summed E-state index contributed by atoms with van der Waals surface area (Å²) in [6.07, 6.45) is 2.39. The lowest BCUT2D eigenvalue weighted by Crippen LogP contribution is -2.45. The normalized spacial score (nSPS) is 19.5. The van der Waals surface area contributed by atoms with Crippen molar-refractivity contribution >= 4 is 11.6 Å². The van der Waals surface area contributed by atoms with E-state index in [2.05, 4.69) is 39.3 Å². The number of nitrogen functional groups attached to an aromatic ring is 1. The topological polar surface area (TPSA) is 79.5 Å². The zero-order chi connectivity index (χ0) is 15.2. The fraction of sp³-hybridized carbons (Fsp3) is 0.714. The van der Waals surface area contributed by atoms with Gasteiger partial charge in [0.05, 0.1) is 0 Å². The number of hydrazine groups is 1. The molecule has 0 amide bonds. The van der Waals surface area contributed by atoms with Crippen molar-refractivity contribution in [2.75, 3.05) is 44.1 Å². The largest absolute Gasteiger partial charge is 0.374 e. The first kappa shape index (κ1) is 15.9. The van der Waals surface area contributed by atoms with Crippen LogP contribution in [0.15, 0.2) is 6.07 Å². The molecule has 3 N–H and O–H groups in total. The van der Waals surface area contributed by atoms with Gasteiger partial charge < -0.3 is 20.0 Å². The number of ether oxygens (including phenoxy) is 1. The monoisotopic (exact) mass is 294 g/mol. The maximum Gasteiger partial charge on any atom is 0.158 e. The molecule has 0 radical (unpaired) electrons. The van der Waals surface area contributed by atoms with Crippen LogP contribution in [0, 0.1) is 0 Å². The van der Waals surface area contributed by atoms with Crippen LogP contribution in [0.3, 0.4) is 0 Å². The van der Waals surface area contributed by atoms with Crippen LogP contribution in [0.5, 0.6) is 0 Å². The van der Waals surface area contributed by atoms with Gasteiger partial charge in [0.1, 0.15) is 18.2 Å². The van der Waals surface area contributed by atoms with E-state index in [4.69, 9.17) is 10.6 Å². The molecule has 0 saturated carbocycles. The molecule has 7 heteroatoms. The summed E-state index contributed by atoms with van der Waals surface area (Å²) in [4.78, 5) is 13.5. The number of piperidine rings is 1. The van der Waals surface area contributed by atoms with E-state index >= 15 is 0 Å². The summed E-state index contributed by atoms with van der Waals surface area (Å²) in [5, 5.41) is 0. The summed E-state index contributed by atoms with van der Waals surface area (Å²) in [7, 11) is 4.24. The van der Waals surface area contributed by atoms with Crippen LogP contribution >= 0.6 is 0 Å². The van der Waals surface area contributed by atoms with E-state index in [-0.39, 0.29) is 0 Å². The molecule has 1 aromatic rings. The van der Waals surface area contributed by atoms with Crippen LogP contribution in [0.25, 0.3) is 0 Å². The molecule has 21 heavy (non-hydrogen) atoms. The third kappa shape index (κ3) is 4.26. The van der Waals surface area contributed by atoms with E-state index in [1.54, 1.807) is 0 Å². The molecule has 2 heterocycles. The number of nitrogens with two attached hydrogens (primary N) is 1. The summed E-state index contributed by atoms with van der Waals surface area (Å²) in [6.45, 7) is 5.21. The number of nitrogens with one attached hydrogen (secondary N) is 1. The number of hydrogen-bond acceptors (Lipinski definition) is 7. The quantitative estimate of drug-likeness (QED) is 0.594. The third-order valence-electron chi connectivity index (χ3n) is 3.85. The van der Waals surface area contributed by atoms with Crippen molar-refractivity contribution in [3.8, 4) is 0 Å². The average Bonchev–Trinajstić information content (AvgIpc) is 2.51. The SMILES string of the molecule is CCOCc1nc(NN)cc(N(C)C2CCCN(C)C2)n1. The van der Waals surface area contributed by atoms with Gasteiger partial charge in [-0.3, -0.25) is 0 Å². The fourth-order valence-electron chi connectivity index (χ4n) is 2.64.